The van der Waals surface area contributed by atoms with E-state index >= 15 is 0 Å². The minimum absolute atomic E-state index is 0. The molecular formula is C22H27ClN2O. The van der Waals surface area contributed by atoms with Gasteiger partial charge in [0.25, 0.3) is 0 Å². The highest BCUT2D eigenvalue weighted by atomic mass is 35.5. The van der Waals surface area contributed by atoms with Crippen molar-refractivity contribution in [1.82, 2.24) is 4.90 Å². The maximum Gasteiger partial charge on any atom is 0.0594 e. The fraction of sp³-hybridized carbons (Fsp3) is 0.409. The van der Waals surface area contributed by atoms with Gasteiger partial charge in [0.05, 0.1) is 19.8 Å². The van der Waals surface area contributed by atoms with Crippen LogP contribution in [0.1, 0.15) is 29.5 Å². The fourth-order valence-corrected chi connectivity index (χ4v) is 4.22. The Balaban J connectivity index is 0.00000196. The molecule has 1 atom stereocenters. The Morgan fingerprint density at radius 2 is 1.69 bits per heavy atom. The molecule has 4 heteroatoms. The van der Waals surface area contributed by atoms with Crippen LogP contribution in [0.25, 0.3) is 0 Å². The van der Waals surface area contributed by atoms with E-state index in [1.807, 2.05) is 6.21 Å². The van der Waals surface area contributed by atoms with Gasteiger partial charge < -0.3 is 4.74 Å². The number of aliphatic imine (C=N–C) groups is 1. The Labute approximate surface area is 162 Å². The molecule has 2 aliphatic rings. The molecule has 2 aromatic rings. The summed E-state index contributed by atoms with van der Waals surface area (Å²) in [5, 5.41) is 0. The second-order valence-electron chi connectivity index (χ2n) is 7.06. The zero-order chi connectivity index (χ0) is 17.0. The van der Waals surface area contributed by atoms with Gasteiger partial charge in [0, 0.05) is 24.7 Å². The van der Waals surface area contributed by atoms with E-state index in [1.165, 1.54) is 23.1 Å². The van der Waals surface area contributed by atoms with Crippen LogP contribution in [-0.4, -0.2) is 50.5 Å². The van der Waals surface area contributed by atoms with Gasteiger partial charge in [-0.15, -0.1) is 12.4 Å². The Bertz CT molecular complexity index is 728. The molecule has 2 aromatic carbocycles. The number of hydrogen-bond acceptors (Lipinski definition) is 3. The molecule has 2 heterocycles. The second-order valence-corrected chi connectivity index (χ2v) is 7.06. The highest BCUT2D eigenvalue weighted by molar-refractivity contribution is 5.85. The number of ether oxygens (including phenoxy) is 1. The first-order chi connectivity index (χ1) is 12.4. The standard InChI is InChI=1S/C22H26N2O.ClH/c1-2-8-20(9-3-1)22(11-6-12-24-13-15-25-16-14-24)18-23-17-19-7-4-5-10-21(19)22;/h1-5,7-10,17H,6,11-16,18H2;1H. The number of hydrogen-bond donors (Lipinski definition) is 0. The lowest BCUT2D eigenvalue weighted by Crippen LogP contribution is -2.39. The first kappa shape index (κ1) is 19.1. The number of benzene rings is 2. The van der Waals surface area contributed by atoms with E-state index in [9.17, 15) is 0 Å². The summed E-state index contributed by atoms with van der Waals surface area (Å²) in [6.07, 6.45) is 4.35. The summed E-state index contributed by atoms with van der Waals surface area (Å²) in [6, 6.07) is 19.7. The molecule has 0 N–H and O–H groups in total. The van der Waals surface area contributed by atoms with Crippen molar-refractivity contribution in [3.05, 3.63) is 71.3 Å². The minimum Gasteiger partial charge on any atom is -0.379 e. The molecule has 0 aromatic heterocycles. The summed E-state index contributed by atoms with van der Waals surface area (Å²) in [5.74, 6) is 0. The van der Waals surface area contributed by atoms with Crippen LogP contribution in [0.3, 0.4) is 0 Å². The fourth-order valence-electron chi connectivity index (χ4n) is 4.22. The maximum atomic E-state index is 5.47. The first-order valence-electron chi connectivity index (χ1n) is 9.33. The summed E-state index contributed by atoms with van der Waals surface area (Å²) in [4.78, 5) is 7.28. The summed E-state index contributed by atoms with van der Waals surface area (Å²) >= 11 is 0. The van der Waals surface area contributed by atoms with Gasteiger partial charge in [-0.2, -0.15) is 0 Å². The molecule has 0 radical (unpaired) electrons. The number of halogens is 1. The molecule has 3 nitrogen and oxygen atoms in total. The van der Waals surface area contributed by atoms with Crippen LogP contribution in [0, 0.1) is 0 Å². The van der Waals surface area contributed by atoms with Crippen LogP contribution in [-0.2, 0) is 10.2 Å². The Hall–Kier alpha value is -1.68. The molecule has 0 spiro atoms. The van der Waals surface area contributed by atoms with Crippen LogP contribution in [0.5, 0.6) is 0 Å². The summed E-state index contributed by atoms with van der Waals surface area (Å²) in [7, 11) is 0. The molecule has 4 rings (SSSR count). The van der Waals surface area contributed by atoms with Crippen LogP contribution in [0.15, 0.2) is 59.6 Å². The van der Waals surface area contributed by atoms with Crippen LogP contribution in [0.4, 0.5) is 0 Å². The maximum absolute atomic E-state index is 5.47. The van der Waals surface area contributed by atoms with Crippen molar-refractivity contribution in [3.8, 4) is 0 Å². The summed E-state index contributed by atoms with van der Waals surface area (Å²) < 4.78 is 5.47. The normalized spacial score (nSPS) is 22.5. The smallest absolute Gasteiger partial charge is 0.0594 e. The van der Waals surface area contributed by atoms with Crippen LogP contribution < -0.4 is 0 Å². The molecule has 0 bridgehead atoms. The number of rotatable bonds is 5. The molecule has 1 fully saturated rings. The Kier molecular flexibility index (Phi) is 6.47. The molecular weight excluding hydrogens is 344 g/mol. The molecule has 0 saturated carbocycles. The Morgan fingerprint density at radius 3 is 2.50 bits per heavy atom. The summed E-state index contributed by atoms with van der Waals surface area (Å²) in [5.41, 5.74) is 4.09. The van der Waals surface area contributed by atoms with Gasteiger partial charge in [-0.05, 0) is 36.1 Å². The predicted molar refractivity (Wildman–Crippen MR) is 110 cm³/mol. The highest BCUT2D eigenvalue weighted by Gasteiger charge is 2.36. The van der Waals surface area contributed by atoms with Crippen LogP contribution >= 0.6 is 12.4 Å². The van der Waals surface area contributed by atoms with Gasteiger partial charge in [-0.1, -0.05) is 54.6 Å². The van der Waals surface area contributed by atoms with E-state index in [0.29, 0.717) is 0 Å². The number of nitrogens with zero attached hydrogens (tertiary/aromatic N) is 2. The molecule has 0 aliphatic carbocycles. The predicted octanol–water partition coefficient (Wildman–Crippen LogP) is 3.94. The van der Waals surface area contributed by atoms with E-state index in [4.69, 9.17) is 9.73 Å². The molecule has 1 saturated heterocycles. The third-order valence-electron chi connectivity index (χ3n) is 5.58. The van der Waals surface area contributed by atoms with E-state index in [0.717, 1.165) is 45.8 Å². The van der Waals surface area contributed by atoms with E-state index in [-0.39, 0.29) is 17.8 Å². The molecule has 26 heavy (non-hydrogen) atoms. The minimum atomic E-state index is -0.00110. The molecule has 0 amide bonds. The zero-order valence-electron chi connectivity index (χ0n) is 15.1. The van der Waals surface area contributed by atoms with Gasteiger partial charge >= 0.3 is 0 Å². The third kappa shape index (κ3) is 3.85. The van der Waals surface area contributed by atoms with E-state index in [1.54, 1.807) is 0 Å². The van der Waals surface area contributed by atoms with Crippen molar-refractivity contribution >= 4 is 18.6 Å². The summed E-state index contributed by atoms with van der Waals surface area (Å²) in [6.45, 7) is 5.86. The van der Waals surface area contributed by atoms with Gasteiger partial charge in [-0.25, -0.2) is 0 Å². The van der Waals surface area contributed by atoms with Gasteiger partial charge in [0.1, 0.15) is 0 Å². The third-order valence-corrected chi connectivity index (χ3v) is 5.58. The van der Waals surface area contributed by atoms with E-state index < -0.39 is 0 Å². The highest BCUT2D eigenvalue weighted by Crippen LogP contribution is 2.40. The van der Waals surface area contributed by atoms with E-state index in [2.05, 4.69) is 59.5 Å². The lowest BCUT2D eigenvalue weighted by atomic mass is 9.69. The van der Waals surface area contributed by atoms with Gasteiger partial charge in [0.2, 0.25) is 0 Å². The van der Waals surface area contributed by atoms with Crippen molar-refractivity contribution in [2.75, 3.05) is 39.4 Å². The molecule has 1 unspecified atom stereocenters. The molecule has 2 aliphatic heterocycles. The van der Waals surface area contributed by atoms with Crippen molar-refractivity contribution < 1.29 is 4.74 Å². The average molecular weight is 371 g/mol. The lowest BCUT2D eigenvalue weighted by Gasteiger charge is -2.38. The van der Waals surface area contributed by atoms with Crippen molar-refractivity contribution in [3.63, 3.8) is 0 Å². The zero-order valence-corrected chi connectivity index (χ0v) is 16.0. The molecule has 138 valence electrons. The first-order valence-corrected chi connectivity index (χ1v) is 9.33. The topological polar surface area (TPSA) is 24.8 Å². The largest absolute Gasteiger partial charge is 0.379 e. The van der Waals surface area contributed by atoms with Gasteiger partial charge in [-0.3, -0.25) is 9.89 Å². The van der Waals surface area contributed by atoms with Crippen molar-refractivity contribution in [2.45, 2.75) is 18.3 Å². The SMILES string of the molecule is C1=NCC(CCCN2CCOCC2)(c2ccccc2)c2ccccc21.Cl. The average Bonchev–Trinajstić information content (AvgIpc) is 2.70. The van der Waals surface area contributed by atoms with Crippen molar-refractivity contribution in [1.29, 1.82) is 0 Å². The quantitative estimate of drug-likeness (QED) is 0.796. The lowest BCUT2D eigenvalue weighted by molar-refractivity contribution is 0.0366. The Morgan fingerprint density at radius 1 is 0.962 bits per heavy atom. The number of morpholine rings is 1. The van der Waals surface area contributed by atoms with Crippen LogP contribution in [0.2, 0.25) is 0 Å². The van der Waals surface area contributed by atoms with Crippen molar-refractivity contribution in [2.24, 2.45) is 4.99 Å². The van der Waals surface area contributed by atoms with Gasteiger partial charge in [0.15, 0.2) is 0 Å². The second kappa shape index (κ2) is 8.81. The number of fused-ring (bicyclic) bond motifs is 1. The monoisotopic (exact) mass is 370 g/mol.